The van der Waals surface area contributed by atoms with Crippen molar-refractivity contribution >= 4 is 54.8 Å². The van der Waals surface area contributed by atoms with Crippen LogP contribution in [0.4, 0.5) is 0 Å². The van der Waals surface area contributed by atoms with E-state index in [9.17, 15) is 18.0 Å². The minimum absolute atomic E-state index is 0.385. The smallest absolute Gasteiger partial charge is 0.267 e. The molecule has 0 bridgehead atoms. The van der Waals surface area contributed by atoms with Crippen LogP contribution in [-0.4, -0.2) is 18.4 Å². The van der Waals surface area contributed by atoms with E-state index in [2.05, 4.69) is 9.97 Å². The Kier molecular flexibility index (Phi) is 4.10. The number of hydrogen-bond acceptors (Lipinski definition) is 4. The summed E-state index contributed by atoms with van der Waals surface area (Å²) in [5.41, 5.74) is -0.782. The van der Waals surface area contributed by atoms with E-state index in [1.807, 2.05) is 0 Å². The summed E-state index contributed by atoms with van der Waals surface area (Å²) in [5, 5.41) is 1.63. The lowest BCUT2D eigenvalue weighted by Gasteiger charge is -2.07. The van der Waals surface area contributed by atoms with E-state index in [-0.39, 0.29) is 0 Å². The van der Waals surface area contributed by atoms with Gasteiger partial charge in [-0.2, -0.15) is 0 Å². The Balaban J connectivity index is 2.01. The quantitative estimate of drug-likeness (QED) is 0.517. The number of rotatable bonds is 2. The summed E-state index contributed by atoms with van der Waals surface area (Å²) in [6.07, 6.45) is 0. The highest BCUT2D eigenvalue weighted by atomic mass is 35.5. The second kappa shape index (κ2) is 6.23. The molecule has 6 nitrogen and oxygen atoms in total. The number of fused-ring (bicyclic) bond motifs is 2. The maximum absolute atomic E-state index is 13.0. The van der Waals surface area contributed by atoms with Crippen LogP contribution < -0.4 is 11.1 Å². The third-order valence-corrected chi connectivity index (χ3v) is 6.36. The SMILES string of the molecule is O=c1[nH]c2ccc(Cl)cc2cc1S(=O)(=O)c1cc2cc(Cl)ccc2[nH]c1=O. The summed E-state index contributed by atoms with van der Waals surface area (Å²) >= 11 is 11.9. The third kappa shape index (κ3) is 3.03. The first-order chi connectivity index (χ1) is 12.8. The van der Waals surface area contributed by atoms with Crippen LogP contribution in [0.5, 0.6) is 0 Å². The monoisotopic (exact) mass is 420 g/mol. The van der Waals surface area contributed by atoms with E-state index in [0.717, 1.165) is 0 Å². The van der Waals surface area contributed by atoms with Gasteiger partial charge in [-0.1, -0.05) is 23.2 Å². The van der Waals surface area contributed by atoms with Crippen molar-refractivity contribution in [3.63, 3.8) is 0 Å². The average Bonchev–Trinajstić information content (AvgIpc) is 2.61. The molecule has 0 spiro atoms. The van der Waals surface area contributed by atoms with Crippen molar-refractivity contribution in [1.82, 2.24) is 9.97 Å². The molecule has 27 heavy (non-hydrogen) atoms. The Morgan fingerprint density at radius 1 is 0.667 bits per heavy atom. The molecule has 0 unspecified atom stereocenters. The molecule has 2 aromatic heterocycles. The van der Waals surface area contributed by atoms with Gasteiger partial charge in [0, 0.05) is 31.9 Å². The van der Waals surface area contributed by atoms with Gasteiger partial charge in [-0.05, 0) is 48.5 Å². The van der Waals surface area contributed by atoms with Crippen LogP contribution in [-0.2, 0) is 9.84 Å². The number of aromatic nitrogens is 2. The summed E-state index contributed by atoms with van der Waals surface area (Å²) in [6, 6.07) is 11.7. The van der Waals surface area contributed by atoms with Crippen LogP contribution >= 0.6 is 23.2 Å². The Hall–Kier alpha value is -2.61. The second-order valence-electron chi connectivity index (χ2n) is 5.89. The number of aromatic amines is 2. The van der Waals surface area contributed by atoms with Crippen molar-refractivity contribution in [3.8, 4) is 0 Å². The fraction of sp³-hybridized carbons (Fsp3) is 0. The zero-order chi connectivity index (χ0) is 19.3. The highest BCUT2D eigenvalue weighted by Crippen LogP contribution is 2.24. The van der Waals surface area contributed by atoms with Crippen LogP contribution in [0.3, 0.4) is 0 Å². The number of pyridine rings is 2. The highest BCUT2D eigenvalue weighted by molar-refractivity contribution is 7.91. The van der Waals surface area contributed by atoms with Gasteiger partial charge in [0.2, 0.25) is 9.84 Å². The summed E-state index contributed by atoms with van der Waals surface area (Å²) in [6.45, 7) is 0. The largest absolute Gasteiger partial charge is 0.321 e. The van der Waals surface area contributed by atoms with Crippen LogP contribution in [0.15, 0.2) is 67.9 Å². The maximum atomic E-state index is 13.0. The van der Waals surface area contributed by atoms with Crippen LogP contribution in [0.25, 0.3) is 21.8 Å². The maximum Gasteiger partial charge on any atom is 0.267 e. The Bertz CT molecular complexity index is 1350. The number of hydrogen-bond donors (Lipinski definition) is 2. The molecule has 9 heteroatoms. The number of H-pyrrole nitrogens is 2. The summed E-state index contributed by atoms with van der Waals surface area (Å²) < 4.78 is 26.1. The van der Waals surface area contributed by atoms with Gasteiger partial charge < -0.3 is 9.97 Å². The van der Waals surface area contributed by atoms with Gasteiger partial charge in [-0.3, -0.25) is 9.59 Å². The molecule has 0 radical (unpaired) electrons. The molecule has 0 fully saturated rings. The lowest BCUT2D eigenvalue weighted by Crippen LogP contribution is -2.23. The summed E-state index contributed by atoms with van der Waals surface area (Å²) in [4.78, 5) is 28.7. The van der Waals surface area contributed by atoms with E-state index < -0.39 is 30.7 Å². The van der Waals surface area contributed by atoms with E-state index >= 15 is 0 Å². The standard InChI is InChI=1S/C18H10Cl2N2O4S/c19-11-1-3-13-9(5-11)7-15(17(23)21-13)27(25,26)16-8-10-6-12(20)2-4-14(10)22-18(16)24/h1-8H,(H,21,23)(H,22,24). The molecule has 2 heterocycles. The second-order valence-corrected chi connectivity index (χ2v) is 8.65. The Morgan fingerprint density at radius 2 is 1.07 bits per heavy atom. The van der Waals surface area contributed by atoms with Crippen molar-refractivity contribution in [2.24, 2.45) is 0 Å². The highest BCUT2D eigenvalue weighted by Gasteiger charge is 2.25. The minimum Gasteiger partial charge on any atom is -0.321 e. The van der Waals surface area contributed by atoms with Crippen molar-refractivity contribution < 1.29 is 8.42 Å². The molecule has 0 saturated heterocycles. The molecule has 4 aromatic rings. The molecule has 0 aliphatic rings. The van der Waals surface area contributed by atoms with Gasteiger partial charge in [-0.25, -0.2) is 8.42 Å². The number of nitrogens with one attached hydrogen (secondary N) is 2. The van der Waals surface area contributed by atoms with Crippen LogP contribution in [0.2, 0.25) is 10.0 Å². The molecule has 2 aromatic carbocycles. The van der Waals surface area contributed by atoms with Gasteiger partial charge in [0.15, 0.2) is 0 Å². The van der Waals surface area contributed by atoms with E-state index in [4.69, 9.17) is 23.2 Å². The number of benzene rings is 2. The van der Waals surface area contributed by atoms with Gasteiger partial charge in [0.05, 0.1) is 0 Å². The predicted molar refractivity (Wildman–Crippen MR) is 105 cm³/mol. The van der Waals surface area contributed by atoms with Crippen molar-refractivity contribution in [1.29, 1.82) is 0 Å². The van der Waals surface area contributed by atoms with Crippen molar-refractivity contribution in [3.05, 3.63) is 79.3 Å². The fourth-order valence-corrected chi connectivity index (χ4v) is 4.59. The molecular formula is C18H10Cl2N2O4S. The first-order valence-corrected chi connectivity index (χ1v) is 9.90. The normalized spacial score (nSPS) is 11.9. The molecular weight excluding hydrogens is 411 g/mol. The molecule has 136 valence electrons. The van der Waals surface area contributed by atoms with Crippen molar-refractivity contribution in [2.45, 2.75) is 9.79 Å². The minimum atomic E-state index is -4.38. The van der Waals surface area contributed by atoms with E-state index in [1.165, 1.54) is 24.3 Å². The molecule has 2 N–H and O–H groups in total. The van der Waals surface area contributed by atoms with Gasteiger partial charge in [0.1, 0.15) is 9.79 Å². The van der Waals surface area contributed by atoms with Crippen LogP contribution in [0.1, 0.15) is 0 Å². The van der Waals surface area contributed by atoms with E-state index in [1.54, 1.807) is 24.3 Å². The fourth-order valence-electron chi connectivity index (χ4n) is 2.83. The predicted octanol–water partition coefficient (Wildman–Crippen LogP) is 3.51. The van der Waals surface area contributed by atoms with Gasteiger partial charge in [0.25, 0.3) is 11.1 Å². The van der Waals surface area contributed by atoms with Crippen LogP contribution in [0, 0.1) is 0 Å². The topological polar surface area (TPSA) is 99.9 Å². The lowest BCUT2D eigenvalue weighted by atomic mass is 10.2. The third-order valence-electron chi connectivity index (χ3n) is 4.12. The summed E-state index contributed by atoms with van der Waals surface area (Å²) in [7, 11) is -4.38. The van der Waals surface area contributed by atoms with Crippen molar-refractivity contribution in [2.75, 3.05) is 0 Å². The lowest BCUT2D eigenvalue weighted by molar-refractivity contribution is 0.594. The molecule has 0 aliphatic carbocycles. The molecule has 0 saturated carbocycles. The number of sulfone groups is 1. The summed E-state index contributed by atoms with van der Waals surface area (Å²) in [5.74, 6) is 0. The van der Waals surface area contributed by atoms with E-state index in [0.29, 0.717) is 31.9 Å². The Morgan fingerprint density at radius 3 is 1.48 bits per heavy atom. The Labute approximate surface area is 162 Å². The molecule has 0 aliphatic heterocycles. The first-order valence-electron chi connectivity index (χ1n) is 7.66. The zero-order valence-corrected chi connectivity index (χ0v) is 15.7. The molecule has 0 amide bonds. The molecule has 4 rings (SSSR count). The van der Waals surface area contributed by atoms with Gasteiger partial charge >= 0.3 is 0 Å². The zero-order valence-electron chi connectivity index (χ0n) is 13.4. The van der Waals surface area contributed by atoms with Gasteiger partial charge in [-0.15, -0.1) is 0 Å². The first kappa shape index (κ1) is 17.8. The number of halogens is 2. The average molecular weight is 421 g/mol. The molecule has 0 atom stereocenters.